The predicted molar refractivity (Wildman–Crippen MR) is 78.0 cm³/mol. The molecule has 2 aliphatic rings. The Balaban J connectivity index is 1.63. The molecule has 1 amide bonds. The molecule has 1 saturated heterocycles. The highest BCUT2D eigenvalue weighted by molar-refractivity contribution is 5.92. The van der Waals surface area contributed by atoms with Gasteiger partial charge in [0, 0.05) is 56.9 Å². The number of rotatable bonds is 5. The van der Waals surface area contributed by atoms with Crippen molar-refractivity contribution in [1.29, 1.82) is 0 Å². The van der Waals surface area contributed by atoms with E-state index in [0.29, 0.717) is 12.2 Å². The first-order valence-corrected chi connectivity index (χ1v) is 7.65. The number of ether oxygens (including phenoxy) is 1. The van der Waals surface area contributed by atoms with E-state index in [-0.39, 0.29) is 0 Å². The zero-order valence-corrected chi connectivity index (χ0v) is 12.3. The van der Waals surface area contributed by atoms with Crippen LogP contribution in [0.1, 0.15) is 28.2 Å². The van der Waals surface area contributed by atoms with E-state index < -0.39 is 5.91 Å². The SMILES string of the molecule is NC(=O)c1nn(CCCN2CCOCC2)c2c1CNCC2. The van der Waals surface area contributed by atoms with Crippen LogP contribution in [0.3, 0.4) is 0 Å². The Morgan fingerprint density at radius 1 is 1.33 bits per heavy atom. The molecule has 0 unspecified atom stereocenters. The summed E-state index contributed by atoms with van der Waals surface area (Å²) in [5.41, 5.74) is 8.02. The molecule has 21 heavy (non-hydrogen) atoms. The quantitative estimate of drug-likeness (QED) is 0.753. The van der Waals surface area contributed by atoms with Crippen LogP contribution < -0.4 is 11.1 Å². The fraction of sp³-hybridized carbons (Fsp3) is 0.714. The van der Waals surface area contributed by atoms with Crippen molar-refractivity contribution in [2.75, 3.05) is 39.4 Å². The first-order chi connectivity index (χ1) is 10.3. The number of hydrogen-bond donors (Lipinski definition) is 2. The molecule has 0 bridgehead atoms. The van der Waals surface area contributed by atoms with Crippen molar-refractivity contribution >= 4 is 5.91 Å². The van der Waals surface area contributed by atoms with Gasteiger partial charge in [0.25, 0.3) is 5.91 Å². The minimum Gasteiger partial charge on any atom is -0.379 e. The zero-order chi connectivity index (χ0) is 14.7. The Hall–Kier alpha value is -1.44. The number of amides is 1. The van der Waals surface area contributed by atoms with Crippen molar-refractivity contribution < 1.29 is 9.53 Å². The lowest BCUT2D eigenvalue weighted by molar-refractivity contribution is 0.0368. The molecule has 2 aliphatic heterocycles. The molecule has 116 valence electrons. The molecular formula is C14H23N5O2. The third-order valence-electron chi connectivity index (χ3n) is 4.19. The Morgan fingerprint density at radius 2 is 2.14 bits per heavy atom. The van der Waals surface area contributed by atoms with E-state index in [2.05, 4.69) is 15.3 Å². The zero-order valence-electron chi connectivity index (χ0n) is 12.3. The van der Waals surface area contributed by atoms with Gasteiger partial charge < -0.3 is 15.8 Å². The van der Waals surface area contributed by atoms with Crippen LogP contribution in [0.15, 0.2) is 0 Å². The number of nitrogens with two attached hydrogens (primary N) is 1. The van der Waals surface area contributed by atoms with Crippen molar-refractivity contribution in [3.05, 3.63) is 17.0 Å². The Bertz CT molecular complexity index is 508. The molecule has 0 atom stereocenters. The molecule has 1 fully saturated rings. The molecule has 0 radical (unpaired) electrons. The van der Waals surface area contributed by atoms with Crippen LogP contribution in [0.4, 0.5) is 0 Å². The van der Waals surface area contributed by atoms with Gasteiger partial charge in [0.05, 0.1) is 13.2 Å². The van der Waals surface area contributed by atoms with Gasteiger partial charge in [-0.1, -0.05) is 0 Å². The lowest BCUT2D eigenvalue weighted by atomic mass is 10.1. The molecule has 0 saturated carbocycles. The second-order valence-electron chi connectivity index (χ2n) is 5.60. The van der Waals surface area contributed by atoms with Crippen LogP contribution in [0.5, 0.6) is 0 Å². The molecule has 0 aliphatic carbocycles. The van der Waals surface area contributed by atoms with E-state index in [9.17, 15) is 4.79 Å². The van der Waals surface area contributed by atoms with Gasteiger partial charge in [0.1, 0.15) is 0 Å². The first kappa shape index (κ1) is 14.5. The normalized spacial score (nSPS) is 19.4. The van der Waals surface area contributed by atoms with Gasteiger partial charge in [-0.2, -0.15) is 5.10 Å². The number of primary amides is 1. The van der Waals surface area contributed by atoms with Gasteiger partial charge in [-0.3, -0.25) is 14.4 Å². The van der Waals surface area contributed by atoms with E-state index in [0.717, 1.165) is 64.3 Å². The maximum absolute atomic E-state index is 11.5. The predicted octanol–water partition coefficient (Wildman–Crippen LogP) is -0.650. The Morgan fingerprint density at radius 3 is 2.90 bits per heavy atom. The van der Waals surface area contributed by atoms with Gasteiger partial charge >= 0.3 is 0 Å². The first-order valence-electron chi connectivity index (χ1n) is 7.65. The average Bonchev–Trinajstić information content (AvgIpc) is 2.88. The Labute approximate surface area is 124 Å². The van der Waals surface area contributed by atoms with Crippen LogP contribution in [0, 0.1) is 0 Å². The molecule has 3 N–H and O–H groups in total. The molecule has 7 heteroatoms. The number of morpholine rings is 1. The van der Waals surface area contributed by atoms with Gasteiger partial charge in [-0.15, -0.1) is 0 Å². The molecule has 3 rings (SSSR count). The van der Waals surface area contributed by atoms with Gasteiger partial charge in [-0.05, 0) is 6.42 Å². The summed E-state index contributed by atoms with van der Waals surface area (Å²) in [6, 6.07) is 0. The summed E-state index contributed by atoms with van der Waals surface area (Å²) >= 11 is 0. The van der Waals surface area contributed by atoms with E-state index >= 15 is 0 Å². The number of fused-ring (bicyclic) bond motifs is 1. The number of aryl methyl sites for hydroxylation is 1. The van der Waals surface area contributed by atoms with Crippen molar-refractivity contribution in [2.45, 2.75) is 25.9 Å². The topological polar surface area (TPSA) is 85.4 Å². The summed E-state index contributed by atoms with van der Waals surface area (Å²) in [6.45, 7) is 7.18. The molecule has 3 heterocycles. The van der Waals surface area contributed by atoms with Crippen molar-refractivity contribution in [2.24, 2.45) is 5.73 Å². The van der Waals surface area contributed by atoms with E-state index in [1.54, 1.807) is 0 Å². The van der Waals surface area contributed by atoms with Crippen LogP contribution in [0.25, 0.3) is 0 Å². The number of nitrogens with one attached hydrogen (secondary N) is 1. The minimum atomic E-state index is -0.429. The highest BCUT2D eigenvalue weighted by Gasteiger charge is 2.23. The summed E-state index contributed by atoms with van der Waals surface area (Å²) < 4.78 is 7.33. The summed E-state index contributed by atoms with van der Waals surface area (Å²) in [5.74, 6) is -0.429. The number of nitrogens with zero attached hydrogens (tertiary/aromatic N) is 3. The minimum absolute atomic E-state index is 0.429. The highest BCUT2D eigenvalue weighted by atomic mass is 16.5. The Kier molecular flexibility index (Phi) is 4.52. The maximum Gasteiger partial charge on any atom is 0.269 e. The summed E-state index contributed by atoms with van der Waals surface area (Å²) in [7, 11) is 0. The largest absolute Gasteiger partial charge is 0.379 e. The van der Waals surface area contributed by atoms with Gasteiger partial charge in [0.2, 0.25) is 0 Å². The summed E-state index contributed by atoms with van der Waals surface area (Å²) in [6.07, 6.45) is 1.94. The van der Waals surface area contributed by atoms with Crippen LogP contribution in [0.2, 0.25) is 0 Å². The van der Waals surface area contributed by atoms with Crippen molar-refractivity contribution in [3.8, 4) is 0 Å². The maximum atomic E-state index is 11.5. The standard InChI is InChI=1S/C14H23N5O2/c15-14(20)13-11-10-16-3-2-12(11)19(17-13)5-1-4-18-6-8-21-9-7-18/h16H,1-10H2,(H2,15,20). The second kappa shape index (κ2) is 6.55. The number of hydrogen-bond acceptors (Lipinski definition) is 5. The molecule has 0 spiro atoms. The molecule has 1 aromatic rings. The van der Waals surface area contributed by atoms with E-state index in [1.165, 1.54) is 5.69 Å². The molecule has 7 nitrogen and oxygen atoms in total. The number of aromatic nitrogens is 2. The summed E-state index contributed by atoms with van der Waals surface area (Å²) in [5, 5.41) is 7.71. The van der Waals surface area contributed by atoms with Crippen LogP contribution in [-0.4, -0.2) is 60.0 Å². The van der Waals surface area contributed by atoms with Crippen LogP contribution in [-0.2, 0) is 24.2 Å². The van der Waals surface area contributed by atoms with Gasteiger partial charge in [-0.25, -0.2) is 0 Å². The fourth-order valence-corrected chi connectivity index (χ4v) is 3.07. The lowest BCUT2D eigenvalue weighted by Crippen LogP contribution is -2.37. The van der Waals surface area contributed by atoms with Gasteiger partial charge in [0.15, 0.2) is 5.69 Å². The highest BCUT2D eigenvalue weighted by Crippen LogP contribution is 2.18. The monoisotopic (exact) mass is 293 g/mol. The summed E-state index contributed by atoms with van der Waals surface area (Å²) in [4.78, 5) is 13.9. The van der Waals surface area contributed by atoms with Crippen LogP contribution >= 0.6 is 0 Å². The van der Waals surface area contributed by atoms with Crippen molar-refractivity contribution in [1.82, 2.24) is 20.0 Å². The molecular weight excluding hydrogens is 270 g/mol. The second-order valence-corrected chi connectivity index (χ2v) is 5.60. The van der Waals surface area contributed by atoms with Crippen molar-refractivity contribution in [3.63, 3.8) is 0 Å². The third kappa shape index (κ3) is 3.25. The van der Waals surface area contributed by atoms with E-state index in [4.69, 9.17) is 10.5 Å². The lowest BCUT2D eigenvalue weighted by Gasteiger charge is -2.26. The average molecular weight is 293 g/mol. The number of carbonyl (C=O) groups excluding carboxylic acids is 1. The molecule has 1 aromatic heterocycles. The molecule has 0 aromatic carbocycles. The third-order valence-corrected chi connectivity index (χ3v) is 4.19. The number of carbonyl (C=O) groups is 1. The van der Waals surface area contributed by atoms with E-state index in [1.807, 2.05) is 4.68 Å². The smallest absolute Gasteiger partial charge is 0.269 e. The fourth-order valence-electron chi connectivity index (χ4n) is 3.07.